The fourth-order valence-electron chi connectivity index (χ4n) is 3.37. The van der Waals surface area contributed by atoms with Crippen molar-refractivity contribution >= 4 is 28.6 Å². The number of rotatable bonds is 6. The van der Waals surface area contributed by atoms with Gasteiger partial charge in [-0.15, -0.1) is 0 Å². The van der Waals surface area contributed by atoms with Crippen LogP contribution < -0.4 is 5.56 Å². The summed E-state index contributed by atoms with van der Waals surface area (Å²) in [5.41, 5.74) is 0.668. The smallest absolute Gasteiger partial charge is 0.316 e. The molecule has 25 heavy (non-hydrogen) atoms. The molecule has 1 aliphatic carbocycles. The molecule has 3 rings (SSSR count). The van der Waals surface area contributed by atoms with E-state index in [1.165, 1.54) is 31.0 Å². The van der Waals surface area contributed by atoms with Crippen molar-refractivity contribution in [3.05, 3.63) is 34.6 Å². The summed E-state index contributed by atoms with van der Waals surface area (Å²) in [6, 6.07) is 7.40. The summed E-state index contributed by atoms with van der Waals surface area (Å²) >= 11 is 1.29. The van der Waals surface area contributed by atoms with Crippen LogP contribution in [0.2, 0.25) is 0 Å². The number of aromatic nitrogens is 2. The van der Waals surface area contributed by atoms with E-state index in [-0.39, 0.29) is 17.3 Å². The van der Waals surface area contributed by atoms with Gasteiger partial charge in [0.15, 0.2) is 5.16 Å². The minimum absolute atomic E-state index is 0.0115. The van der Waals surface area contributed by atoms with E-state index in [0.29, 0.717) is 35.1 Å². The van der Waals surface area contributed by atoms with Crippen LogP contribution in [0.15, 0.2) is 34.2 Å². The fourth-order valence-corrected chi connectivity index (χ4v) is 4.18. The molecule has 2 aromatic rings. The molecular formula is C19H24N2O3S. The van der Waals surface area contributed by atoms with Gasteiger partial charge in [0.25, 0.3) is 5.56 Å². The van der Waals surface area contributed by atoms with Crippen molar-refractivity contribution < 1.29 is 9.53 Å². The molecule has 1 saturated carbocycles. The maximum atomic E-state index is 13.0. The lowest BCUT2D eigenvalue weighted by Crippen LogP contribution is -2.28. The Hall–Kier alpha value is -1.82. The number of hydrogen-bond donors (Lipinski definition) is 0. The van der Waals surface area contributed by atoms with E-state index in [1.54, 1.807) is 11.5 Å². The minimum atomic E-state index is -0.279. The predicted molar refractivity (Wildman–Crippen MR) is 99.9 cm³/mol. The maximum absolute atomic E-state index is 13.0. The Bertz CT molecular complexity index is 797. The van der Waals surface area contributed by atoms with Crippen molar-refractivity contribution in [1.82, 2.24) is 9.55 Å². The van der Waals surface area contributed by atoms with Crippen LogP contribution in [-0.2, 0) is 16.1 Å². The number of carbonyl (C=O) groups is 1. The molecule has 6 heteroatoms. The summed E-state index contributed by atoms with van der Waals surface area (Å²) in [5.74, 6) is 0.402. The summed E-state index contributed by atoms with van der Waals surface area (Å²) in [6.45, 7) is 2.83. The van der Waals surface area contributed by atoms with Gasteiger partial charge in [-0.2, -0.15) is 0 Å². The zero-order valence-corrected chi connectivity index (χ0v) is 15.4. The van der Waals surface area contributed by atoms with Crippen molar-refractivity contribution in [2.24, 2.45) is 5.92 Å². The van der Waals surface area contributed by atoms with Crippen molar-refractivity contribution in [1.29, 1.82) is 0 Å². The van der Waals surface area contributed by atoms with Crippen molar-refractivity contribution in [3.63, 3.8) is 0 Å². The molecule has 0 aliphatic heterocycles. The van der Waals surface area contributed by atoms with Crippen LogP contribution in [0.25, 0.3) is 10.9 Å². The first-order valence-electron chi connectivity index (χ1n) is 8.97. The first-order valence-corrected chi connectivity index (χ1v) is 9.95. The third kappa shape index (κ3) is 4.42. The minimum Gasteiger partial charge on any atom is -0.465 e. The number of fused-ring (bicyclic) bond motifs is 1. The van der Waals surface area contributed by atoms with E-state index < -0.39 is 0 Å². The normalized spacial score (nSPS) is 15.4. The Morgan fingerprint density at radius 2 is 2.04 bits per heavy atom. The number of benzene rings is 1. The van der Waals surface area contributed by atoms with Crippen molar-refractivity contribution in [2.45, 2.75) is 50.7 Å². The van der Waals surface area contributed by atoms with Gasteiger partial charge in [0.2, 0.25) is 0 Å². The van der Waals surface area contributed by atoms with E-state index in [0.717, 1.165) is 12.8 Å². The van der Waals surface area contributed by atoms with Gasteiger partial charge >= 0.3 is 5.97 Å². The lowest BCUT2D eigenvalue weighted by atomic mass is 9.89. The standard InChI is InChI=1S/C19H24N2O3S/c1-2-24-17(22)13-25-19-20-16-11-7-6-10-15(16)18(23)21(19)12-14-8-4-3-5-9-14/h6-7,10-11,14H,2-5,8-9,12-13H2,1H3. The van der Waals surface area contributed by atoms with Gasteiger partial charge in [-0.25, -0.2) is 4.98 Å². The van der Waals surface area contributed by atoms with Gasteiger partial charge in [-0.05, 0) is 37.8 Å². The van der Waals surface area contributed by atoms with E-state index in [2.05, 4.69) is 4.98 Å². The fraction of sp³-hybridized carbons (Fsp3) is 0.526. The number of thioether (sulfide) groups is 1. The highest BCUT2D eigenvalue weighted by atomic mass is 32.2. The Morgan fingerprint density at radius 3 is 2.80 bits per heavy atom. The molecule has 1 aromatic heterocycles. The van der Waals surface area contributed by atoms with Crippen LogP contribution in [0, 0.1) is 5.92 Å². The highest BCUT2D eigenvalue weighted by molar-refractivity contribution is 7.99. The highest BCUT2D eigenvalue weighted by Crippen LogP contribution is 2.27. The van der Waals surface area contributed by atoms with Crippen LogP contribution >= 0.6 is 11.8 Å². The van der Waals surface area contributed by atoms with Gasteiger partial charge in [0.1, 0.15) is 0 Å². The topological polar surface area (TPSA) is 61.2 Å². The van der Waals surface area contributed by atoms with Crippen LogP contribution in [0.1, 0.15) is 39.0 Å². The van der Waals surface area contributed by atoms with E-state index in [9.17, 15) is 9.59 Å². The lowest BCUT2D eigenvalue weighted by molar-refractivity contribution is -0.139. The third-order valence-electron chi connectivity index (χ3n) is 4.62. The molecular weight excluding hydrogens is 336 g/mol. The van der Waals surface area contributed by atoms with Crippen LogP contribution in [0.4, 0.5) is 0 Å². The Balaban J connectivity index is 1.92. The second kappa shape index (κ2) is 8.52. The molecule has 0 bridgehead atoms. The average molecular weight is 360 g/mol. The molecule has 1 fully saturated rings. The van der Waals surface area contributed by atoms with Gasteiger partial charge in [-0.3, -0.25) is 14.2 Å². The largest absolute Gasteiger partial charge is 0.465 e. The first kappa shape index (κ1) is 18.0. The number of hydrogen-bond acceptors (Lipinski definition) is 5. The van der Waals surface area contributed by atoms with Gasteiger partial charge in [0, 0.05) is 6.54 Å². The predicted octanol–water partition coefficient (Wildman–Crippen LogP) is 3.63. The molecule has 1 aromatic carbocycles. The zero-order valence-electron chi connectivity index (χ0n) is 14.6. The molecule has 0 atom stereocenters. The molecule has 5 nitrogen and oxygen atoms in total. The van der Waals surface area contributed by atoms with E-state index >= 15 is 0 Å². The van der Waals surface area contributed by atoms with Gasteiger partial charge in [-0.1, -0.05) is 43.2 Å². The summed E-state index contributed by atoms with van der Waals surface area (Å²) in [4.78, 5) is 29.3. The molecule has 0 radical (unpaired) electrons. The molecule has 0 unspecified atom stereocenters. The molecule has 1 aliphatic rings. The highest BCUT2D eigenvalue weighted by Gasteiger charge is 2.19. The third-order valence-corrected chi connectivity index (χ3v) is 5.57. The Morgan fingerprint density at radius 1 is 1.28 bits per heavy atom. The second-order valence-corrected chi connectivity index (χ2v) is 7.37. The number of para-hydroxylation sites is 1. The number of ether oxygens (including phenoxy) is 1. The van der Waals surface area contributed by atoms with E-state index in [4.69, 9.17) is 4.74 Å². The first-order chi connectivity index (χ1) is 12.2. The zero-order chi connectivity index (χ0) is 17.6. The van der Waals surface area contributed by atoms with Crippen molar-refractivity contribution in [3.8, 4) is 0 Å². The Kier molecular flexibility index (Phi) is 6.13. The molecule has 0 spiro atoms. The quantitative estimate of drug-likeness (QED) is 0.447. The summed E-state index contributed by atoms with van der Waals surface area (Å²) in [5, 5.41) is 1.25. The van der Waals surface area contributed by atoms with Gasteiger partial charge in [0.05, 0.1) is 23.3 Å². The lowest BCUT2D eigenvalue weighted by Gasteiger charge is -2.23. The average Bonchev–Trinajstić information content (AvgIpc) is 2.64. The molecule has 0 amide bonds. The monoisotopic (exact) mass is 360 g/mol. The Labute approximate surface area is 151 Å². The number of nitrogens with zero attached hydrogens (tertiary/aromatic N) is 2. The van der Waals surface area contributed by atoms with Crippen LogP contribution in [0.3, 0.4) is 0 Å². The number of carbonyl (C=O) groups excluding carboxylic acids is 1. The molecule has 134 valence electrons. The SMILES string of the molecule is CCOC(=O)CSc1nc2ccccc2c(=O)n1CC1CCCCC1. The molecule has 1 heterocycles. The maximum Gasteiger partial charge on any atom is 0.316 e. The summed E-state index contributed by atoms with van der Waals surface area (Å²) in [6.07, 6.45) is 6.05. The van der Waals surface area contributed by atoms with Gasteiger partial charge < -0.3 is 4.74 Å². The van der Waals surface area contributed by atoms with Crippen LogP contribution in [0.5, 0.6) is 0 Å². The second-order valence-electron chi connectivity index (χ2n) is 6.43. The van der Waals surface area contributed by atoms with Crippen LogP contribution in [-0.4, -0.2) is 27.9 Å². The van der Waals surface area contributed by atoms with Crippen molar-refractivity contribution in [2.75, 3.05) is 12.4 Å². The molecule has 0 N–H and O–H groups in total. The summed E-state index contributed by atoms with van der Waals surface area (Å²) in [7, 11) is 0. The summed E-state index contributed by atoms with van der Waals surface area (Å²) < 4.78 is 6.76. The number of esters is 1. The van der Waals surface area contributed by atoms with E-state index in [1.807, 2.05) is 24.3 Å². The molecule has 0 saturated heterocycles.